The normalized spacial score (nSPS) is 10.6. The van der Waals surface area contributed by atoms with Crippen LogP contribution in [-0.4, -0.2) is 15.8 Å². The average molecular weight is 339 g/mol. The molecule has 0 bridgehead atoms. The monoisotopic (exact) mass is 339 g/mol. The number of carbonyl (C=O) groups excluding carboxylic acids is 1. The number of rotatable bonds is 4. The van der Waals surface area contributed by atoms with E-state index in [1.165, 1.54) is 6.07 Å². The minimum Gasteiger partial charge on any atom is -0.411 e. The zero-order valence-electron chi connectivity index (χ0n) is 13.9. The SMILES string of the molecule is Cc1noc(C)c1-c1ccc(=O)n(Cc2ccc(OC(N)=O)cc2)c1. The van der Waals surface area contributed by atoms with Crippen molar-refractivity contribution in [3.05, 3.63) is 70.0 Å². The number of amides is 1. The van der Waals surface area contributed by atoms with Crippen LogP contribution in [0.15, 0.2) is 51.9 Å². The molecule has 7 heteroatoms. The molecule has 0 fully saturated rings. The second-order valence-corrected chi connectivity index (χ2v) is 5.65. The largest absolute Gasteiger partial charge is 0.411 e. The number of nitrogens with two attached hydrogens (primary N) is 1. The molecule has 7 nitrogen and oxygen atoms in total. The Bertz CT molecular complexity index is 951. The molecule has 1 amide bonds. The van der Waals surface area contributed by atoms with Gasteiger partial charge in [0.05, 0.1) is 12.2 Å². The highest BCUT2D eigenvalue weighted by atomic mass is 16.5. The molecule has 2 heterocycles. The van der Waals surface area contributed by atoms with Crippen molar-refractivity contribution in [2.75, 3.05) is 0 Å². The van der Waals surface area contributed by atoms with Crippen molar-refractivity contribution in [2.24, 2.45) is 5.73 Å². The van der Waals surface area contributed by atoms with Crippen LogP contribution < -0.4 is 16.0 Å². The zero-order chi connectivity index (χ0) is 18.0. The molecular formula is C18H17N3O4. The van der Waals surface area contributed by atoms with E-state index < -0.39 is 6.09 Å². The zero-order valence-corrected chi connectivity index (χ0v) is 13.9. The molecule has 1 aromatic carbocycles. The van der Waals surface area contributed by atoms with E-state index in [1.54, 1.807) is 41.1 Å². The number of ether oxygens (including phenoxy) is 1. The second kappa shape index (κ2) is 6.64. The van der Waals surface area contributed by atoms with Crippen molar-refractivity contribution < 1.29 is 14.1 Å². The van der Waals surface area contributed by atoms with E-state index in [0.29, 0.717) is 18.1 Å². The molecule has 3 aromatic rings. The predicted octanol–water partition coefficient (Wildman–Crippen LogP) is 2.63. The number of aromatic nitrogens is 2. The fourth-order valence-corrected chi connectivity index (χ4v) is 2.67. The number of aryl methyl sites for hydroxylation is 2. The van der Waals surface area contributed by atoms with Crippen molar-refractivity contribution in [1.82, 2.24) is 9.72 Å². The third-order valence-corrected chi connectivity index (χ3v) is 3.80. The summed E-state index contributed by atoms with van der Waals surface area (Å²) in [7, 11) is 0. The van der Waals surface area contributed by atoms with E-state index in [1.807, 2.05) is 13.8 Å². The summed E-state index contributed by atoms with van der Waals surface area (Å²) in [4.78, 5) is 22.9. The summed E-state index contributed by atoms with van der Waals surface area (Å²) >= 11 is 0. The summed E-state index contributed by atoms with van der Waals surface area (Å²) in [5, 5.41) is 3.95. The van der Waals surface area contributed by atoms with Gasteiger partial charge in [-0.05, 0) is 37.6 Å². The van der Waals surface area contributed by atoms with E-state index in [0.717, 1.165) is 22.4 Å². The molecular weight excluding hydrogens is 322 g/mol. The van der Waals surface area contributed by atoms with E-state index >= 15 is 0 Å². The molecule has 25 heavy (non-hydrogen) atoms. The lowest BCUT2D eigenvalue weighted by Gasteiger charge is -2.09. The first-order chi connectivity index (χ1) is 11.9. The highest BCUT2D eigenvalue weighted by molar-refractivity contribution is 5.68. The standard InChI is InChI=1S/C18H17N3O4/c1-11-17(12(2)25-20-11)14-5-8-16(22)21(10-14)9-13-3-6-15(7-4-13)24-18(19)23/h3-8,10H,9H2,1-2H3,(H2,19,23). The third kappa shape index (κ3) is 3.60. The van der Waals surface area contributed by atoms with Gasteiger partial charge in [0, 0.05) is 23.4 Å². The molecule has 0 spiro atoms. The third-order valence-electron chi connectivity index (χ3n) is 3.80. The van der Waals surface area contributed by atoms with Crippen molar-refractivity contribution in [3.8, 4) is 16.9 Å². The minimum absolute atomic E-state index is 0.118. The number of nitrogens with zero attached hydrogens (tertiary/aromatic N) is 2. The van der Waals surface area contributed by atoms with Crippen molar-refractivity contribution >= 4 is 6.09 Å². The maximum absolute atomic E-state index is 12.2. The molecule has 0 atom stereocenters. The van der Waals surface area contributed by atoms with Gasteiger partial charge in [-0.1, -0.05) is 17.3 Å². The summed E-state index contributed by atoms with van der Waals surface area (Å²) in [6.45, 7) is 4.08. The lowest BCUT2D eigenvalue weighted by Crippen LogP contribution is -2.19. The van der Waals surface area contributed by atoms with E-state index in [2.05, 4.69) is 5.16 Å². The van der Waals surface area contributed by atoms with Gasteiger partial charge < -0.3 is 19.6 Å². The first kappa shape index (κ1) is 16.5. The number of benzene rings is 1. The Hall–Kier alpha value is -3.35. The fraction of sp³-hybridized carbons (Fsp3) is 0.167. The van der Waals surface area contributed by atoms with Gasteiger partial charge in [0.25, 0.3) is 5.56 Å². The number of primary amides is 1. The summed E-state index contributed by atoms with van der Waals surface area (Å²) in [5.74, 6) is 1.06. The van der Waals surface area contributed by atoms with Gasteiger partial charge in [-0.2, -0.15) is 0 Å². The second-order valence-electron chi connectivity index (χ2n) is 5.65. The first-order valence-electron chi connectivity index (χ1n) is 7.64. The Kier molecular flexibility index (Phi) is 4.38. The highest BCUT2D eigenvalue weighted by Gasteiger charge is 2.12. The summed E-state index contributed by atoms with van der Waals surface area (Å²) in [6, 6.07) is 10.1. The summed E-state index contributed by atoms with van der Waals surface area (Å²) in [6.07, 6.45) is 0.916. The minimum atomic E-state index is -0.865. The number of pyridine rings is 1. The van der Waals surface area contributed by atoms with Gasteiger partial charge in [0.2, 0.25) is 0 Å². The van der Waals surface area contributed by atoms with Crippen LogP contribution in [0.1, 0.15) is 17.0 Å². The number of hydrogen-bond donors (Lipinski definition) is 1. The Morgan fingerprint density at radius 2 is 1.92 bits per heavy atom. The van der Waals surface area contributed by atoms with Crippen LogP contribution in [0, 0.1) is 13.8 Å². The molecule has 3 rings (SSSR count). The van der Waals surface area contributed by atoms with Crippen LogP contribution in [0.4, 0.5) is 4.79 Å². The van der Waals surface area contributed by atoms with Gasteiger partial charge in [-0.15, -0.1) is 0 Å². The molecule has 0 aliphatic carbocycles. The highest BCUT2D eigenvalue weighted by Crippen LogP contribution is 2.25. The fourth-order valence-electron chi connectivity index (χ4n) is 2.67. The lowest BCUT2D eigenvalue weighted by molar-refractivity contribution is 0.211. The van der Waals surface area contributed by atoms with Crippen molar-refractivity contribution in [3.63, 3.8) is 0 Å². The van der Waals surface area contributed by atoms with E-state index in [4.69, 9.17) is 15.0 Å². The van der Waals surface area contributed by atoms with Gasteiger partial charge in [0.1, 0.15) is 11.5 Å². The Morgan fingerprint density at radius 1 is 1.20 bits per heavy atom. The van der Waals surface area contributed by atoms with Gasteiger partial charge >= 0.3 is 6.09 Å². The summed E-state index contributed by atoms with van der Waals surface area (Å²) in [5.41, 5.74) is 8.27. The Labute approximate surface area is 143 Å². The van der Waals surface area contributed by atoms with Gasteiger partial charge in [0.15, 0.2) is 0 Å². The maximum atomic E-state index is 12.2. The van der Waals surface area contributed by atoms with E-state index in [9.17, 15) is 9.59 Å². The van der Waals surface area contributed by atoms with Gasteiger partial charge in [-0.3, -0.25) is 4.79 Å². The quantitative estimate of drug-likeness (QED) is 0.787. The molecule has 0 saturated heterocycles. The van der Waals surface area contributed by atoms with Crippen LogP contribution in [0.2, 0.25) is 0 Å². The molecule has 0 saturated carbocycles. The van der Waals surface area contributed by atoms with Crippen LogP contribution in [0.5, 0.6) is 5.75 Å². The average Bonchev–Trinajstić information content (AvgIpc) is 2.90. The molecule has 0 radical (unpaired) electrons. The van der Waals surface area contributed by atoms with Crippen molar-refractivity contribution in [2.45, 2.75) is 20.4 Å². The molecule has 2 aromatic heterocycles. The van der Waals surface area contributed by atoms with Crippen molar-refractivity contribution in [1.29, 1.82) is 0 Å². The maximum Gasteiger partial charge on any atom is 0.409 e. The lowest BCUT2D eigenvalue weighted by atomic mass is 10.1. The Balaban J connectivity index is 1.89. The number of carbonyl (C=O) groups is 1. The van der Waals surface area contributed by atoms with Crippen LogP contribution in [0.25, 0.3) is 11.1 Å². The summed E-state index contributed by atoms with van der Waals surface area (Å²) < 4.78 is 11.6. The predicted molar refractivity (Wildman–Crippen MR) is 91.4 cm³/mol. The van der Waals surface area contributed by atoms with Crippen LogP contribution in [-0.2, 0) is 6.54 Å². The molecule has 2 N–H and O–H groups in total. The van der Waals surface area contributed by atoms with Crippen LogP contribution in [0.3, 0.4) is 0 Å². The van der Waals surface area contributed by atoms with E-state index in [-0.39, 0.29) is 5.56 Å². The first-order valence-corrected chi connectivity index (χ1v) is 7.64. The molecule has 128 valence electrons. The smallest absolute Gasteiger partial charge is 0.409 e. The Morgan fingerprint density at radius 3 is 2.52 bits per heavy atom. The topological polar surface area (TPSA) is 100 Å². The number of hydrogen-bond acceptors (Lipinski definition) is 5. The molecule has 0 aliphatic rings. The van der Waals surface area contributed by atoms with Crippen LogP contribution >= 0.6 is 0 Å². The molecule has 0 aliphatic heterocycles. The molecule has 0 unspecified atom stereocenters. The van der Waals surface area contributed by atoms with Gasteiger partial charge in [-0.25, -0.2) is 4.79 Å².